The van der Waals surface area contributed by atoms with Crippen molar-refractivity contribution >= 4 is 11.2 Å². The summed E-state index contributed by atoms with van der Waals surface area (Å²) < 4.78 is 2.27. The Kier molecular flexibility index (Phi) is 3.28. The number of aromatic nitrogens is 3. The third-order valence-electron chi connectivity index (χ3n) is 3.39. The molecule has 0 spiro atoms. The minimum Gasteiger partial charge on any atom is -0.314 e. The molecule has 4 nitrogen and oxygen atoms in total. The van der Waals surface area contributed by atoms with Crippen LogP contribution in [0.5, 0.6) is 0 Å². The fourth-order valence-corrected chi connectivity index (χ4v) is 2.33. The molecule has 1 fully saturated rings. The lowest BCUT2D eigenvalue weighted by Gasteiger charge is -2.07. The predicted octanol–water partition coefficient (Wildman–Crippen LogP) is 2.14. The smallest absolute Gasteiger partial charge is 0.159 e. The van der Waals surface area contributed by atoms with E-state index in [9.17, 15) is 0 Å². The molecule has 3 rings (SSSR count). The minimum atomic E-state index is 0.770. The lowest BCUT2D eigenvalue weighted by atomic mass is 10.3. The van der Waals surface area contributed by atoms with Gasteiger partial charge in [0, 0.05) is 31.7 Å². The topological polar surface area (TPSA) is 42.7 Å². The molecule has 2 aromatic heterocycles. The molecule has 0 atom stereocenters. The molecule has 96 valence electrons. The molecule has 0 amide bonds. The van der Waals surface area contributed by atoms with Crippen LogP contribution in [0.4, 0.5) is 0 Å². The second-order valence-electron chi connectivity index (χ2n) is 5.00. The van der Waals surface area contributed by atoms with E-state index in [2.05, 4.69) is 21.8 Å². The van der Waals surface area contributed by atoms with Gasteiger partial charge in [0.2, 0.25) is 0 Å². The maximum absolute atomic E-state index is 4.71. The highest BCUT2D eigenvalue weighted by Gasteiger charge is 2.20. The number of imidazole rings is 1. The zero-order chi connectivity index (χ0) is 12.4. The van der Waals surface area contributed by atoms with Crippen molar-refractivity contribution in [2.24, 2.45) is 0 Å². The van der Waals surface area contributed by atoms with Crippen LogP contribution >= 0.6 is 0 Å². The Labute approximate surface area is 107 Å². The second-order valence-corrected chi connectivity index (χ2v) is 5.00. The molecule has 0 unspecified atom stereocenters. The number of nitrogens with one attached hydrogen (secondary N) is 1. The second kappa shape index (κ2) is 5.06. The van der Waals surface area contributed by atoms with E-state index in [0.29, 0.717) is 0 Å². The van der Waals surface area contributed by atoms with E-state index in [4.69, 9.17) is 4.98 Å². The highest BCUT2D eigenvalue weighted by molar-refractivity contribution is 5.71. The Morgan fingerprint density at radius 1 is 1.44 bits per heavy atom. The van der Waals surface area contributed by atoms with Crippen LogP contribution in [0, 0.1) is 0 Å². The molecule has 1 saturated carbocycles. The van der Waals surface area contributed by atoms with Gasteiger partial charge in [0.15, 0.2) is 5.65 Å². The Bertz CT molecular complexity index is 528. The third kappa shape index (κ3) is 2.38. The van der Waals surface area contributed by atoms with E-state index in [-0.39, 0.29) is 0 Å². The molecule has 0 aliphatic heterocycles. The van der Waals surface area contributed by atoms with Gasteiger partial charge < -0.3 is 9.88 Å². The molecule has 1 aliphatic rings. The van der Waals surface area contributed by atoms with Crippen LogP contribution in [0.3, 0.4) is 0 Å². The summed E-state index contributed by atoms with van der Waals surface area (Å²) in [6.07, 6.45) is 6.64. The van der Waals surface area contributed by atoms with E-state index < -0.39 is 0 Å². The van der Waals surface area contributed by atoms with Gasteiger partial charge >= 0.3 is 0 Å². The Morgan fingerprint density at radius 3 is 3.11 bits per heavy atom. The number of aryl methyl sites for hydroxylation is 1. The first-order chi connectivity index (χ1) is 8.88. The molecule has 1 N–H and O–H groups in total. The van der Waals surface area contributed by atoms with Crippen LogP contribution in [-0.2, 0) is 13.0 Å². The first-order valence-electron chi connectivity index (χ1n) is 6.92. The van der Waals surface area contributed by atoms with Crippen molar-refractivity contribution in [1.82, 2.24) is 19.9 Å². The van der Waals surface area contributed by atoms with Gasteiger partial charge in [0.05, 0.1) is 0 Å². The van der Waals surface area contributed by atoms with E-state index in [0.717, 1.165) is 43.1 Å². The van der Waals surface area contributed by atoms with Crippen molar-refractivity contribution < 1.29 is 0 Å². The van der Waals surface area contributed by atoms with Crippen molar-refractivity contribution in [3.05, 3.63) is 24.2 Å². The third-order valence-corrected chi connectivity index (χ3v) is 3.39. The number of pyridine rings is 1. The molecular formula is C14H20N4. The Morgan fingerprint density at radius 2 is 2.33 bits per heavy atom. The van der Waals surface area contributed by atoms with Crippen molar-refractivity contribution in [2.75, 3.05) is 6.54 Å². The summed E-state index contributed by atoms with van der Waals surface area (Å²) in [7, 11) is 0. The maximum Gasteiger partial charge on any atom is 0.159 e. The Hall–Kier alpha value is -1.42. The normalized spacial score (nSPS) is 15.4. The summed E-state index contributed by atoms with van der Waals surface area (Å²) in [5.74, 6) is 1.17. The minimum absolute atomic E-state index is 0.770. The van der Waals surface area contributed by atoms with Gasteiger partial charge in [-0.1, -0.05) is 6.92 Å². The fraction of sp³-hybridized carbons (Fsp3) is 0.571. The molecule has 0 bridgehead atoms. The van der Waals surface area contributed by atoms with Gasteiger partial charge in [-0.05, 0) is 31.4 Å². The average Bonchev–Trinajstić information content (AvgIpc) is 3.14. The lowest BCUT2D eigenvalue weighted by molar-refractivity contribution is 0.612. The molecule has 2 aromatic rings. The van der Waals surface area contributed by atoms with Gasteiger partial charge in [-0.2, -0.15) is 0 Å². The zero-order valence-corrected chi connectivity index (χ0v) is 10.9. The summed E-state index contributed by atoms with van der Waals surface area (Å²) in [6.45, 7) is 4.23. The molecule has 2 heterocycles. The van der Waals surface area contributed by atoms with Crippen LogP contribution in [0.25, 0.3) is 11.2 Å². The number of hydrogen-bond acceptors (Lipinski definition) is 3. The largest absolute Gasteiger partial charge is 0.314 e. The first-order valence-corrected chi connectivity index (χ1v) is 6.92. The maximum atomic E-state index is 4.71. The summed E-state index contributed by atoms with van der Waals surface area (Å²) in [4.78, 5) is 9.17. The van der Waals surface area contributed by atoms with E-state index in [1.54, 1.807) is 0 Å². The SMILES string of the molecule is CCCn1c(CCNC2CC2)nc2cccnc21. The van der Waals surface area contributed by atoms with Crippen molar-refractivity contribution in [3.63, 3.8) is 0 Å². The standard InChI is InChI=1S/C14H20N4/c1-2-10-18-13(7-9-15-11-5-6-11)17-12-4-3-8-16-14(12)18/h3-4,8,11,15H,2,5-7,9-10H2,1H3. The molecule has 18 heavy (non-hydrogen) atoms. The number of hydrogen-bond donors (Lipinski definition) is 1. The molecular weight excluding hydrogens is 224 g/mol. The quantitative estimate of drug-likeness (QED) is 0.846. The highest BCUT2D eigenvalue weighted by Crippen LogP contribution is 2.19. The van der Waals surface area contributed by atoms with Gasteiger partial charge in [-0.25, -0.2) is 9.97 Å². The number of rotatable bonds is 6. The van der Waals surface area contributed by atoms with E-state index in [1.165, 1.54) is 18.7 Å². The predicted molar refractivity (Wildman–Crippen MR) is 72.5 cm³/mol. The first kappa shape index (κ1) is 11.7. The van der Waals surface area contributed by atoms with Gasteiger partial charge in [-0.15, -0.1) is 0 Å². The highest BCUT2D eigenvalue weighted by atomic mass is 15.1. The average molecular weight is 244 g/mol. The van der Waals surface area contributed by atoms with Crippen molar-refractivity contribution in [2.45, 2.75) is 45.2 Å². The summed E-state index contributed by atoms with van der Waals surface area (Å²) in [5, 5.41) is 3.55. The van der Waals surface area contributed by atoms with Crippen LogP contribution in [0.1, 0.15) is 32.0 Å². The van der Waals surface area contributed by atoms with E-state index >= 15 is 0 Å². The number of fused-ring (bicyclic) bond motifs is 1. The number of nitrogens with zero attached hydrogens (tertiary/aromatic N) is 3. The molecule has 0 saturated heterocycles. The van der Waals surface area contributed by atoms with Gasteiger partial charge in [0.1, 0.15) is 11.3 Å². The van der Waals surface area contributed by atoms with Crippen LogP contribution in [0.2, 0.25) is 0 Å². The molecule has 0 radical (unpaired) electrons. The van der Waals surface area contributed by atoms with Crippen molar-refractivity contribution in [1.29, 1.82) is 0 Å². The zero-order valence-electron chi connectivity index (χ0n) is 10.9. The van der Waals surface area contributed by atoms with Crippen LogP contribution in [0.15, 0.2) is 18.3 Å². The van der Waals surface area contributed by atoms with Gasteiger partial charge in [-0.3, -0.25) is 0 Å². The molecule has 4 heteroatoms. The summed E-state index contributed by atoms with van der Waals surface area (Å²) in [6, 6.07) is 4.77. The molecule has 1 aliphatic carbocycles. The van der Waals surface area contributed by atoms with Gasteiger partial charge in [0.25, 0.3) is 0 Å². The summed E-state index contributed by atoms with van der Waals surface area (Å²) >= 11 is 0. The van der Waals surface area contributed by atoms with Crippen molar-refractivity contribution in [3.8, 4) is 0 Å². The Balaban J connectivity index is 1.81. The lowest BCUT2D eigenvalue weighted by Crippen LogP contribution is -2.21. The summed E-state index contributed by atoms with van der Waals surface area (Å²) in [5.41, 5.74) is 2.05. The fourth-order valence-electron chi connectivity index (χ4n) is 2.33. The van der Waals surface area contributed by atoms with E-state index in [1.807, 2.05) is 18.3 Å². The monoisotopic (exact) mass is 244 g/mol. The van der Waals surface area contributed by atoms with Crippen LogP contribution < -0.4 is 5.32 Å². The molecule has 0 aromatic carbocycles. The van der Waals surface area contributed by atoms with Crippen LogP contribution in [-0.4, -0.2) is 27.1 Å².